The Bertz CT molecular complexity index is 266. The third kappa shape index (κ3) is 4.58. The molecule has 0 bridgehead atoms. The molecule has 4 nitrogen and oxygen atoms in total. The van der Waals surface area contributed by atoms with E-state index in [0.717, 1.165) is 19.3 Å². The average Bonchev–Trinajstić information content (AvgIpc) is 2.64. The van der Waals surface area contributed by atoms with Gasteiger partial charge in [-0.05, 0) is 26.2 Å². The van der Waals surface area contributed by atoms with Crippen molar-refractivity contribution in [3.8, 4) is 0 Å². The summed E-state index contributed by atoms with van der Waals surface area (Å²) in [6.07, 6.45) is 4.19. The Morgan fingerprint density at radius 3 is 2.44 bits per heavy atom. The van der Waals surface area contributed by atoms with Crippen molar-refractivity contribution in [2.45, 2.75) is 70.4 Å². The predicted octanol–water partition coefficient (Wildman–Crippen LogP) is 2.00. The number of carbonyl (C=O) groups excluding carboxylic acids is 1. The van der Waals surface area contributed by atoms with Crippen LogP contribution >= 0.6 is 0 Å². The SMILES string of the molecule is CCCC(O)(CCC)CC(=O)NC1(C)CCOC1. The highest BCUT2D eigenvalue weighted by atomic mass is 16.5. The molecule has 0 aliphatic carbocycles. The summed E-state index contributed by atoms with van der Waals surface area (Å²) in [7, 11) is 0. The molecule has 1 aliphatic heterocycles. The minimum Gasteiger partial charge on any atom is -0.389 e. The number of rotatable bonds is 7. The topological polar surface area (TPSA) is 58.6 Å². The molecule has 1 atom stereocenters. The summed E-state index contributed by atoms with van der Waals surface area (Å²) >= 11 is 0. The molecule has 1 unspecified atom stereocenters. The highest BCUT2D eigenvalue weighted by molar-refractivity contribution is 5.77. The zero-order valence-electron chi connectivity index (χ0n) is 11.9. The predicted molar refractivity (Wildman–Crippen MR) is 71.4 cm³/mol. The molecule has 0 aromatic heterocycles. The first-order chi connectivity index (χ1) is 8.43. The number of nitrogens with one attached hydrogen (secondary N) is 1. The standard InChI is InChI=1S/C14H27NO3/c1-4-6-14(17,7-5-2)10-12(16)15-13(3)8-9-18-11-13/h17H,4-11H2,1-3H3,(H,15,16). The molecule has 1 saturated heterocycles. The van der Waals surface area contributed by atoms with E-state index in [1.807, 2.05) is 20.8 Å². The van der Waals surface area contributed by atoms with E-state index in [1.54, 1.807) is 0 Å². The Hall–Kier alpha value is -0.610. The third-order valence-corrected chi connectivity index (χ3v) is 3.58. The van der Waals surface area contributed by atoms with Crippen LogP contribution in [0.5, 0.6) is 0 Å². The van der Waals surface area contributed by atoms with Gasteiger partial charge >= 0.3 is 0 Å². The lowest BCUT2D eigenvalue weighted by atomic mass is 9.88. The Labute approximate surface area is 110 Å². The summed E-state index contributed by atoms with van der Waals surface area (Å²) in [6, 6.07) is 0. The van der Waals surface area contributed by atoms with Crippen molar-refractivity contribution in [2.24, 2.45) is 0 Å². The van der Waals surface area contributed by atoms with E-state index < -0.39 is 5.60 Å². The van der Waals surface area contributed by atoms with Crippen LogP contribution in [0.3, 0.4) is 0 Å². The van der Waals surface area contributed by atoms with E-state index in [9.17, 15) is 9.90 Å². The largest absolute Gasteiger partial charge is 0.389 e. The number of hydrogen-bond acceptors (Lipinski definition) is 3. The number of amides is 1. The fraction of sp³-hybridized carbons (Fsp3) is 0.929. The molecule has 1 heterocycles. The highest BCUT2D eigenvalue weighted by Gasteiger charge is 2.34. The fourth-order valence-corrected chi connectivity index (χ4v) is 2.68. The average molecular weight is 257 g/mol. The van der Waals surface area contributed by atoms with Gasteiger partial charge in [-0.1, -0.05) is 26.7 Å². The lowest BCUT2D eigenvalue weighted by Crippen LogP contribution is -2.49. The smallest absolute Gasteiger partial charge is 0.223 e. The van der Waals surface area contributed by atoms with Crippen LogP contribution in [-0.4, -0.2) is 35.4 Å². The summed E-state index contributed by atoms with van der Waals surface area (Å²) in [6.45, 7) is 7.33. The van der Waals surface area contributed by atoms with Gasteiger partial charge in [0.2, 0.25) is 5.91 Å². The second-order valence-electron chi connectivity index (χ2n) is 5.81. The van der Waals surface area contributed by atoms with Crippen molar-refractivity contribution in [1.82, 2.24) is 5.32 Å². The maximum Gasteiger partial charge on any atom is 0.223 e. The second kappa shape index (κ2) is 6.53. The first-order valence-electron chi connectivity index (χ1n) is 7.04. The maximum atomic E-state index is 12.0. The number of ether oxygens (including phenoxy) is 1. The fourth-order valence-electron chi connectivity index (χ4n) is 2.68. The number of aliphatic hydroxyl groups is 1. The third-order valence-electron chi connectivity index (χ3n) is 3.58. The van der Waals surface area contributed by atoms with Crippen molar-refractivity contribution in [3.05, 3.63) is 0 Å². The van der Waals surface area contributed by atoms with Gasteiger partial charge in [0.25, 0.3) is 0 Å². The van der Waals surface area contributed by atoms with Crippen LogP contribution in [0.4, 0.5) is 0 Å². The van der Waals surface area contributed by atoms with Gasteiger partial charge in [-0.2, -0.15) is 0 Å². The van der Waals surface area contributed by atoms with Crippen LogP contribution in [0.1, 0.15) is 59.3 Å². The van der Waals surface area contributed by atoms with Crippen molar-refractivity contribution in [2.75, 3.05) is 13.2 Å². The molecule has 106 valence electrons. The molecule has 0 spiro atoms. The summed E-state index contributed by atoms with van der Waals surface area (Å²) in [5.41, 5.74) is -1.10. The molecule has 1 amide bonds. The van der Waals surface area contributed by atoms with Crippen molar-refractivity contribution in [1.29, 1.82) is 0 Å². The summed E-state index contributed by atoms with van der Waals surface area (Å²) in [5.74, 6) is -0.0626. The Morgan fingerprint density at radius 2 is 2.00 bits per heavy atom. The van der Waals surface area contributed by atoms with Crippen LogP contribution in [0.2, 0.25) is 0 Å². The van der Waals surface area contributed by atoms with Gasteiger partial charge in [-0.3, -0.25) is 4.79 Å². The van der Waals surface area contributed by atoms with Gasteiger partial charge < -0.3 is 15.2 Å². The lowest BCUT2D eigenvalue weighted by molar-refractivity contribution is -0.128. The van der Waals surface area contributed by atoms with Crippen molar-refractivity contribution < 1.29 is 14.6 Å². The van der Waals surface area contributed by atoms with E-state index in [0.29, 0.717) is 26.1 Å². The molecule has 0 aromatic rings. The second-order valence-corrected chi connectivity index (χ2v) is 5.81. The van der Waals surface area contributed by atoms with Crippen molar-refractivity contribution in [3.63, 3.8) is 0 Å². The van der Waals surface area contributed by atoms with Gasteiger partial charge in [0, 0.05) is 6.61 Å². The molecule has 1 rings (SSSR count). The molecule has 4 heteroatoms. The van der Waals surface area contributed by atoms with E-state index in [2.05, 4.69) is 5.32 Å². The van der Waals surface area contributed by atoms with E-state index in [-0.39, 0.29) is 17.9 Å². The zero-order chi connectivity index (χ0) is 13.6. The number of hydrogen-bond donors (Lipinski definition) is 2. The highest BCUT2D eigenvalue weighted by Crippen LogP contribution is 2.25. The van der Waals surface area contributed by atoms with E-state index in [1.165, 1.54) is 0 Å². The van der Waals surface area contributed by atoms with Gasteiger partial charge in [-0.15, -0.1) is 0 Å². The first kappa shape index (κ1) is 15.4. The van der Waals surface area contributed by atoms with Gasteiger partial charge in [0.1, 0.15) is 0 Å². The molecule has 18 heavy (non-hydrogen) atoms. The molecule has 0 saturated carbocycles. The van der Waals surface area contributed by atoms with Gasteiger partial charge in [0.15, 0.2) is 0 Å². The monoisotopic (exact) mass is 257 g/mol. The minimum atomic E-state index is -0.844. The van der Waals surface area contributed by atoms with Gasteiger partial charge in [-0.25, -0.2) is 0 Å². The molecule has 2 N–H and O–H groups in total. The molecule has 1 aliphatic rings. The minimum absolute atomic E-state index is 0.0626. The summed E-state index contributed by atoms with van der Waals surface area (Å²) in [4.78, 5) is 12.0. The normalized spacial score (nSPS) is 24.2. The van der Waals surface area contributed by atoms with Crippen molar-refractivity contribution >= 4 is 5.91 Å². The molecule has 0 aromatic carbocycles. The van der Waals surface area contributed by atoms with E-state index in [4.69, 9.17) is 4.74 Å². The quantitative estimate of drug-likeness (QED) is 0.733. The Morgan fingerprint density at radius 1 is 1.39 bits per heavy atom. The summed E-state index contributed by atoms with van der Waals surface area (Å²) in [5, 5.41) is 13.5. The summed E-state index contributed by atoms with van der Waals surface area (Å²) < 4.78 is 5.31. The Balaban J connectivity index is 2.50. The Kier molecular flexibility index (Phi) is 5.60. The zero-order valence-corrected chi connectivity index (χ0v) is 11.9. The molecule has 0 radical (unpaired) electrons. The van der Waals surface area contributed by atoms with Gasteiger partial charge in [0.05, 0.1) is 24.2 Å². The van der Waals surface area contributed by atoms with Crippen LogP contribution < -0.4 is 5.32 Å². The molecule has 1 fully saturated rings. The molecular formula is C14H27NO3. The lowest BCUT2D eigenvalue weighted by Gasteiger charge is -2.30. The number of carbonyl (C=O) groups is 1. The van der Waals surface area contributed by atoms with E-state index >= 15 is 0 Å². The first-order valence-corrected chi connectivity index (χ1v) is 7.04. The van der Waals surface area contributed by atoms with Crippen LogP contribution in [0.15, 0.2) is 0 Å². The maximum absolute atomic E-state index is 12.0. The van der Waals surface area contributed by atoms with Crippen LogP contribution in [-0.2, 0) is 9.53 Å². The van der Waals surface area contributed by atoms with Crippen LogP contribution in [0, 0.1) is 0 Å². The van der Waals surface area contributed by atoms with Crippen LogP contribution in [0.25, 0.3) is 0 Å². The molecular weight excluding hydrogens is 230 g/mol.